The van der Waals surface area contributed by atoms with Crippen molar-refractivity contribution in [3.8, 4) is 16.3 Å². The molecule has 4 aromatic rings. The molecule has 1 aromatic heterocycles. The summed E-state index contributed by atoms with van der Waals surface area (Å²) in [6.07, 6.45) is 0. The van der Waals surface area contributed by atoms with Gasteiger partial charge in [0.05, 0.1) is 27.4 Å². The zero-order valence-corrected chi connectivity index (χ0v) is 19.3. The first-order valence-corrected chi connectivity index (χ1v) is 11.0. The van der Waals surface area contributed by atoms with E-state index in [9.17, 15) is 4.79 Å². The summed E-state index contributed by atoms with van der Waals surface area (Å²) in [4.78, 5) is 17.1. The Morgan fingerprint density at radius 3 is 2.58 bits per heavy atom. The number of benzene rings is 3. The molecular formula is C22H15Cl2N3O2S2. The van der Waals surface area contributed by atoms with Gasteiger partial charge in [0.2, 0.25) is 0 Å². The van der Waals surface area contributed by atoms with Gasteiger partial charge in [0, 0.05) is 16.8 Å². The van der Waals surface area contributed by atoms with Crippen molar-refractivity contribution in [3.63, 3.8) is 0 Å². The summed E-state index contributed by atoms with van der Waals surface area (Å²) in [6.45, 7) is 0. The van der Waals surface area contributed by atoms with Gasteiger partial charge in [-0.3, -0.25) is 10.1 Å². The number of fused-ring (bicyclic) bond motifs is 1. The van der Waals surface area contributed by atoms with Crippen LogP contribution in [0.4, 0.5) is 5.69 Å². The van der Waals surface area contributed by atoms with Crippen molar-refractivity contribution in [1.82, 2.24) is 10.3 Å². The normalized spacial score (nSPS) is 10.7. The fourth-order valence-corrected chi connectivity index (χ4v) is 4.70. The van der Waals surface area contributed by atoms with Crippen LogP contribution in [0.25, 0.3) is 20.8 Å². The number of aromatic nitrogens is 1. The number of anilines is 1. The van der Waals surface area contributed by atoms with E-state index in [1.165, 1.54) is 13.2 Å². The second-order valence-electron chi connectivity index (χ2n) is 6.44. The van der Waals surface area contributed by atoms with Gasteiger partial charge in [0.15, 0.2) is 5.11 Å². The van der Waals surface area contributed by atoms with Gasteiger partial charge >= 0.3 is 0 Å². The van der Waals surface area contributed by atoms with E-state index >= 15 is 0 Å². The molecular weight excluding hydrogens is 473 g/mol. The molecule has 9 heteroatoms. The van der Waals surface area contributed by atoms with Gasteiger partial charge < -0.3 is 10.1 Å². The number of thiazole rings is 1. The molecule has 156 valence electrons. The Morgan fingerprint density at radius 2 is 1.87 bits per heavy atom. The Bertz CT molecular complexity index is 1270. The molecule has 0 aliphatic carbocycles. The number of nitrogens with zero attached hydrogens (tertiary/aromatic N) is 1. The highest BCUT2D eigenvalue weighted by Crippen LogP contribution is 2.35. The SMILES string of the molecule is COc1ccc(C(=O)NC(=S)Nc2ccc(-c3nc4ccccc4s3)c(Cl)c2)cc1Cl. The minimum absolute atomic E-state index is 0.140. The number of halogens is 2. The second-order valence-corrected chi connectivity index (χ2v) is 8.69. The first kappa shape index (κ1) is 21.5. The van der Waals surface area contributed by atoms with Gasteiger partial charge in [0.1, 0.15) is 10.8 Å². The highest BCUT2D eigenvalue weighted by atomic mass is 35.5. The number of carbonyl (C=O) groups excluding carboxylic acids is 1. The minimum atomic E-state index is -0.390. The summed E-state index contributed by atoms with van der Waals surface area (Å²) in [5.41, 5.74) is 2.77. The molecule has 0 radical (unpaired) electrons. The van der Waals surface area contributed by atoms with E-state index in [1.807, 2.05) is 36.4 Å². The van der Waals surface area contributed by atoms with Crippen LogP contribution >= 0.6 is 46.8 Å². The first-order chi connectivity index (χ1) is 14.9. The topological polar surface area (TPSA) is 63.2 Å². The molecule has 0 saturated carbocycles. The van der Waals surface area contributed by atoms with E-state index in [-0.39, 0.29) is 11.0 Å². The number of amides is 1. The van der Waals surface area contributed by atoms with Crippen molar-refractivity contribution in [2.24, 2.45) is 0 Å². The predicted octanol–water partition coefficient (Wildman–Crippen LogP) is 6.41. The molecule has 1 heterocycles. The van der Waals surface area contributed by atoms with Gasteiger partial charge in [-0.2, -0.15) is 0 Å². The van der Waals surface area contributed by atoms with Crippen LogP contribution in [-0.2, 0) is 0 Å². The van der Waals surface area contributed by atoms with Crippen LogP contribution in [0, 0.1) is 0 Å². The molecule has 0 atom stereocenters. The molecule has 2 N–H and O–H groups in total. The van der Waals surface area contributed by atoms with Crippen molar-refractivity contribution in [2.75, 3.05) is 12.4 Å². The number of methoxy groups -OCH3 is 1. The molecule has 1 amide bonds. The lowest BCUT2D eigenvalue weighted by molar-refractivity contribution is 0.0977. The summed E-state index contributed by atoms with van der Waals surface area (Å²) in [5.74, 6) is 0.0982. The molecule has 0 aliphatic heterocycles. The number of rotatable bonds is 4. The van der Waals surface area contributed by atoms with Gasteiger partial charge in [0.25, 0.3) is 5.91 Å². The molecule has 3 aromatic carbocycles. The molecule has 31 heavy (non-hydrogen) atoms. The zero-order chi connectivity index (χ0) is 22.0. The maximum atomic E-state index is 12.4. The maximum Gasteiger partial charge on any atom is 0.257 e. The smallest absolute Gasteiger partial charge is 0.257 e. The third kappa shape index (κ3) is 4.80. The summed E-state index contributed by atoms with van der Waals surface area (Å²) < 4.78 is 6.19. The van der Waals surface area contributed by atoms with E-state index in [4.69, 9.17) is 40.2 Å². The number of thiocarbonyl (C=S) groups is 1. The van der Waals surface area contributed by atoms with Crippen LogP contribution in [0.2, 0.25) is 10.0 Å². The predicted molar refractivity (Wildman–Crippen MR) is 132 cm³/mol. The molecule has 5 nitrogen and oxygen atoms in total. The first-order valence-electron chi connectivity index (χ1n) is 9.06. The van der Waals surface area contributed by atoms with Gasteiger partial charge in [-0.15, -0.1) is 11.3 Å². The van der Waals surface area contributed by atoms with Gasteiger partial charge in [-0.25, -0.2) is 4.98 Å². The maximum absolute atomic E-state index is 12.4. The number of para-hydroxylation sites is 1. The van der Waals surface area contributed by atoms with Crippen LogP contribution in [0.3, 0.4) is 0 Å². The molecule has 0 fully saturated rings. The molecule has 0 bridgehead atoms. The number of hydrogen-bond acceptors (Lipinski definition) is 5. The van der Waals surface area contributed by atoms with Crippen molar-refractivity contribution < 1.29 is 9.53 Å². The Morgan fingerprint density at radius 1 is 1.06 bits per heavy atom. The number of carbonyl (C=O) groups is 1. The zero-order valence-electron chi connectivity index (χ0n) is 16.1. The summed E-state index contributed by atoms with van der Waals surface area (Å²) in [5, 5.41) is 7.43. The van der Waals surface area contributed by atoms with E-state index in [2.05, 4.69) is 15.6 Å². The van der Waals surface area contributed by atoms with E-state index in [1.54, 1.807) is 29.5 Å². The van der Waals surface area contributed by atoms with Crippen LogP contribution in [-0.4, -0.2) is 23.1 Å². The fourth-order valence-electron chi connectivity index (χ4n) is 2.90. The lowest BCUT2D eigenvalue weighted by atomic mass is 10.2. The quantitative estimate of drug-likeness (QED) is 0.325. The largest absolute Gasteiger partial charge is 0.495 e. The van der Waals surface area contributed by atoms with E-state index < -0.39 is 0 Å². The van der Waals surface area contributed by atoms with Crippen molar-refractivity contribution in [3.05, 3.63) is 76.3 Å². The second kappa shape index (κ2) is 9.20. The van der Waals surface area contributed by atoms with Gasteiger partial charge in [-0.1, -0.05) is 35.3 Å². The number of ether oxygens (including phenoxy) is 1. The summed E-state index contributed by atoms with van der Waals surface area (Å²) in [6, 6.07) is 18.1. The highest BCUT2D eigenvalue weighted by molar-refractivity contribution is 7.80. The Balaban J connectivity index is 1.45. The highest BCUT2D eigenvalue weighted by Gasteiger charge is 2.13. The van der Waals surface area contributed by atoms with Crippen LogP contribution in [0.5, 0.6) is 5.75 Å². The fraction of sp³-hybridized carbons (Fsp3) is 0.0455. The van der Waals surface area contributed by atoms with E-state index in [0.29, 0.717) is 27.0 Å². The molecule has 4 rings (SSSR count). The van der Waals surface area contributed by atoms with E-state index in [0.717, 1.165) is 20.8 Å². The molecule has 0 spiro atoms. The van der Waals surface area contributed by atoms with Crippen LogP contribution in [0.15, 0.2) is 60.7 Å². The molecule has 0 aliphatic rings. The lowest BCUT2D eigenvalue weighted by Crippen LogP contribution is -2.34. The third-order valence-corrected chi connectivity index (χ3v) is 6.27. The standard InChI is InChI=1S/C22H15Cl2N3O2S2/c1-29-18-9-6-12(10-16(18)24)20(28)27-22(30)25-13-7-8-14(15(23)11-13)21-26-17-4-2-3-5-19(17)31-21/h2-11H,1H3,(H2,25,27,28,30). The Hall–Kier alpha value is -2.71. The summed E-state index contributed by atoms with van der Waals surface area (Å²) in [7, 11) is 1.51. The van der Waals surface area contributed by atoms with Gasteiger partial charge in [-0.05, 0) is 60.7 Å². The van der Waals surface area contributed by atoms with Crippen molar-refractivity contribution in [2.45, 2.75) is 0 Å². The summed E-state index contributed by atoms with van der Waals surface area (Å²) >= 11 is 19.4. The third-order valence-electron chi connectivity index (χ3n) is 4.39. The monoisotopic (exact) mass is 487 g/mol. The lowest BCUT2D eigenvalue weighted by Gasteiger charge is -2.11. The van der Waals surface area contributed by atoms with Crippen LogP contribution < -0.4 is 15.4 Å². The number of hydrogen-bond donors (Lipinski definition) is 2. The Kier molecular flexibility index (Phi) is 6.38. The van der Waals surface area contributed by atoms with Crippen molar-refractivity contribution >= 4 is 73.7 Å². The van der Waals surface area contributed by atoms with Crippen molar-refractivity contribution in [1.29, 1.82) is 0 Å². The molecule has 0 unspecified atom stereocenters. The Labute approximate surface area is 198 Å². The number of nitrogens with one attached hydrogen (secondary N) is 2. The minimum Gasteiger partial charge on any atom is -0.495 e. The average molecular weight is 488 g/mol. The molecule has 0 saturated heterocycles. The average Bonchev–Trinajstić information content (AvgIpc) is 3.17. The van der Waals surface area contributed by atoms with Crippen LogP contribution in [0.1, 0.15) is 10.4 Å².